The summed E-state index contributed by atoms with van der Waals surface area (Å²) in [7, 11) is 2.97. The van der Waals surface area contributed by atoms with E-state index in [-0.39, 0.29) is 0 Å². The Morgan fingerprint density at radius 1 is 0.909 bits per heavy atom. The molecule has 2 N–H and O–H groups in total. The van der Waals surface area contributed by atoms with E-state index in [2.05, 4.69) is 15.8 Å². The molecule has 0 aliphatic heterocycles. The monoisotopic (exact) mass is 447 g/mol. The third-order valence-corrected chi connectivity index (χ3v) is 4.78. The number of amides is 2. The van der Waals surface area contributed by atoms with Gasteiger partial charge in [-0.1, -0.05) is 24.3 Å². The van der Waals surface area contributed by atoms with Crippen LogP contribution in [0.25, 0.3) is 0 Å². The maximum absolute atomic E-state index is 12.1. The highest BCUT2D eigenvalue weighted by atomic mass is 16.5. The number of rotatable bonds is 8. The Morgan fingerprint density at radius 2 is 1.64 bits per heavy atom. The fourth-order valence-electron chi connectivity index (χ4n) is 2.88. The number of nitrogens with one attached hydrogen (secondary N) is 2. The molecule has 2 amide bonds. The molecule has 33 heavy (non-hydrogen) atoms. The Kier molecular flexibility index (Phi) is 8.02. The maximum Gasteiger partial charge on any atom is 0.329 e. The first-order chi connectivity index (χ1) is 16.0. The molecular weight excluding hydrogens is 422 g/mol. The second kappa shape index (κ2) is 11.3. The minimum atomic E-state index is -0.915. The van der Waals surface area contributed by atoms with Gasteiger partial charge in [0, 0.05) is 6.07 Å². The third kappa shape index (κ3) is 6.57. The van der Waals surface area contributed by atoms with Crippen LogP contribution in [0.4, 0.5) is 5.69 Å². The number of carbonyl (C=O) groups excluding carboxylic acids is 2. The van der Waals surface area contributed by atoms with Crippen molar-refractivity contribution < 1.29 is 23.8 Å². The Balaban J connectivity index is 1.50. The Bertz CT molecular complexity index is 1140. The van der Waals surface area contributed by atoms with Crippen LogP contribution in [0.2, 0.25) is 0 Å². The molecule has 170 valence electrons. The van der Waals surface area contributed by atoms with E-state index in [4.69, 9.17) is 14.2 Å². The predicted molar refractivity (Wildman–Crippen MR) is 126 cm³/mol. The van der Waals surface area contributed by atoms with Crippen LogP contribution in [-0.4, -0.2) is 32.2 Å². The van der Waals surface area contributed by atoms with Gasteiger partial charge in [0.1, 0.15) is 23.9 Å². The standard InChI is InChI=1S/C25H25N3O5/c1-17-6-4-5-7-19(17)16-33-20-10-8-18(9-11-20)15-26-28-25(30)24(29)27-22-13-12-21(31-2)14-23(22)32-3/h4-15H,16H2,1-3H3,(H,27,29)(H,28,30)/b26-15+. The molecule has 0 aliphatic carbocycles. The van der Waals surface area contributed by atoms with Gasteiger partial charge in [0.25, 0.3) is 0 Å². The fourth-order valence-corrected chi connectivity index (χ4v) is 2.88. The first-order valence-electron chi connectivity index (χ1n) is 10.1. The zero-order chi connectivity index (χ0) is 23.6. The number of carbonyl (C=O) groups is 2. The number of aryl methyl sites for hydroxylation is 1. The first-order valence-corrected chi connectivity index (χ1v) is 10.1. The van der Waals surface area contributed by atoms with Crippen LogP contribution in [0.5, 0.6) is 17.2 Å². The van der Waals surface area contributed by atoms with Gasteiger partial charge >= 0.3 is 11.8 Å². The van der Waals surface area contributed by atoms with E-state index in [0.29, 0.717) is 29.5 Å². The van der Waals surface area contributed by atoms with Crippen molar-refractivity contribution in [3.8, 4) is 17.2 Å². The molecule has 0 aromatic heterocycles. The number of benzene rings is 3. The highest BCUT2D eigenvalue weighted by Gasteiger charge is 2.15. The SMILES string of the molecule is COc1ccc(NC(=O)C(=O)N/N=C/c2ccc(OCc3ccccc3C)cc2)c(OC)c1. The molecule has 0 heterocycles. The number of anilines is 1. The molecule has 0 spiro atoms. The summed E-state index contributed by atoms with van der Waals surface area (Å²) in [5.74, 6) is -0.153. The Labute approximate surface area is 192 Å². The maximum atomic E-state index is 12.1. The van der Waals surface area contributed by atoms with Crippen molar-refractivity contribution in [1.82, 2.24) is 5.43 Å². The van der Waals surface area contributed by atoms with Gasteiger partial charge in [0.15, 0.2) is 0 Å². The van der Waals surface area contributed by atoms with Gasteiger partial charge in [-0.2, -0.15) is 5.10 Å². The van der Waals surface area contributed by atoms with Crippen LogP contribution in [0.15, 0.2) is 71.8 Å². The lowest BCUT2D eigenvalue weighted by Crippen LogP contribution is -2.32. The van der Waals surface area contributed by atoms with Crippen LogP contribution in [0.1, 0.15) is 16.7 Å². The van der Waals surface area contributed by atoms with Crippen LogP contribution < -0.4 is 25.0 Å². The highest BCUT2D eigenvalue weighted by molar-refractivity contribution is 6.39. The number of ether oxygens (including phenoxy) is 3. The second-order valence-corrected chi connectivity index (χ2v) is 7.00. The molecule has 0 radical (unpaired) electrons. The predicted octanol–water partition coefficient (Wildman–Crippen LogP) is 3.68. The van der Waals surface area contributed by atoms with Crippen molar-refractivity contribution >= 4 is 23.7 Å². The van der Waals surface area contributed by atoms with Crippen LogP contribution in [0, 0.1) is 6.92 Å². The van der Waals surface area contributed by atoms with E-state index in [0.717, 1.165) is 11.1 Å². The van der Waals surface area contributed by atoms with Gasteiger partial charge in [-0.3, -0.25) is 9.59 Å². The average Bonchev–Trinajstić information content (AvgIpc) is 2.84. The summed E-state index contributed by atoms with van der Waals surface area (Å²) in [5, 5.41) is 6.31. The molecule has 0 fully saturated rings. The van der Waals surface area contributed by atoms with E-state index in [1.807, 2.05) is 43.3 Å². The topological polar surface area (TPSA) is 98.2 Å². The van der Waals surface area contributed by atoms with Gasteiger partial charge in [-0.25, -0.2) is 5.43 Å². The Morgan fingerprint density at radius 3 is 2.33 bits per heavy atom. The van der Waals surface area contributed by atoms with Crippen molar-refractivity contribution in [2.75, 3.05) is 19.5 Å². The lowest BCUT2D eigenvalue weighted by molar-refractivity contribution is -0.136. The molecule has 0 saturated carbocycles. The van der Waals surface area contributed by atoms with E-state index >= 15 is 0 Å². The van der Waals surface area contributed by atoms with Crippen molar-refractivity contribution in [2.24, 2.45) is 5.10 Å². The summed E-state index contributed by atoms with van der Waals surface area (Å²) < 4.78 is 16.1. The zero-order valence-corrected chi connectivity index (χ0v) is 18.6. The third-order valence-electron chi connectivity index (χ3n) is 4.78. The summed E-state index contributed by atoms with van der Waals surface area (Å²) in [4.78, 5) is 24.2. The van der Waals surface area contributed by atoms with Gasteiger partial charge < -0.3 is 19.5 Å². The summed E-state index contributed by atoms with van der Waals surface area (Å²) in [5.41, 5.74) is 5.56. The fraction of sp³-hybridized carbons (Fsp3) is 0.160. The quantitative estimate of drug-likeness (QED) is 0.312. The average molecular weight is 447 g/mol. The molecule has 0 unspecified atom stereocenters. The van der Waals surface area contributed by atoms with Crippen molar-refractivity contribution in [1.29, 1.82) is 0 Å². The number of nitrogens with zero attached hydrogens (tertiary/aromatic N) is 1. The number of hydrogen-bond acceptors (Lipinski definition) is 6. The lowest BCUT2D eigenvalue weighted by atomic mass is 10.1. The number of hydrogen-bond donors (Lipinski definition) is 2. The van der Waals surface area contributed by atoms with Gasteiger partial charge in [0.05, 0.1) is 26.1 Å². The minimum absolute atomic E-state index is 0.337. The zero-order valence-electron chi connectivity index (χ0n) is 18.6. The number of hydrazone groups is 1. The molecule has 8 heteroatoms. The smallest absolute Gasteiger partial charge is 0.329 e. The molecule has 0 atom stereocenters. The van der Waals surface area contributed by atoms with Gasteiger partial charge in [-0.15, -0.1) is 0 Å². The second-order valence-electron chi connectivity index (χ2n) is 7.00. The van der Waals surface area contributed by atoms with Crippen molar-refractivity contribution in [2.45, 2.75) is 13.5 Å². The molecule has 0 bridgehead atoms. The van der Waals surface area contributed by atoms with Gasteiger partial charge in [-0.05, 0) is 60.0 Å². The van der Waals surface area contributed by atoms with Crippen LogP contribution in [-0.2, 0) is 16.2 Å². The molecular formula is C25H25N3O5. The molecule has 3 aromatic carbocycles. The van der Waals surface area contributed by atoms with E-state index < -0.39 is 11.8 Å². The van der Waals surface area contributed by atoms with E-state index in [1.165, 1.54) is 26.0 Å². The normalized spacial score (nSPS) is 10.5. The minimum Gasteiger partial charge on any atom is -0.497 e. The van der Waals surface area contributed by atoms with E-state index in [9.17, 15) is 9.59 Å². The molecule has 3 aromatic rings. The van der Waals surface area contributed by atoms with Crippen LogP contribution >= 0.6 is 0 Å². The largest absolute Gasteiger partial charge is 0.497 e. The van der Waals surface area contributed by atoms with Gasteiger partial charge in [0.2, 0.25) is 0 Å². The first kappa shape index (κ1) is 23.3. The summed E-state index contributed by atoms with van der Waals surface area (Å²) in [6.45, 7) is 2.52. The molecule has 3 rings (SSSR count). The lowest BCUT2D eigenvalue weighted by Gasteiger charge is -2.10. The molecule has 0 aliphatic rings. The highest BCUT2D eigenvalue weighted by Crippen LogP contribution is 2.28. The summed E-state index contributed by atoms with van der Waals surface area (Å²) in [6.07, 6.45) is 1.43. The molecule has 0 saturated heterocycles. The summed E-state index contributed by atoms with van der Waals surface area (Å²) in [6, 6.07) is 20.1. The number of methoxy groups -OCH3 is 2. The molecule has 8 nitrogen and oxygen atoms in total. The van der Waals surface area contributed by atoms with Crippen molar-refractivity contribution in [3.05, 3.63) is 83.4 Å². The van der Waals surface area contributed by atoms with E-state index in [1.54, 1.807) is 30.3 Å². The van der Waals surface area contributed by atoms with Crippen molar-refractivity contribution in [3.63, 3.8) is 0 Å². The van der Waals surface area contributed by atoms with Crippen LogP contribution in [0.3, 0.4) is 0 Å². The summed E-state index contributed by atoms with van der Waals surface area (Å²) >= 11 is 0. The Hall–Kier alpha value is -4.33.